The van der Waals surface area contributed by atoms with Crippen molar-refractivity contribution in [2.24, 2.45) is 0 Å². The Bertz CT molecular complexity index is 372. The topological polar surface area (TPSA) is 79.5 Å². The molecule has 1 unspecified atom stereocenters. The van der Waals surface area contributed by atoms with Crippen LogP contribution in [0.4, 0.5) is 0 Å². The highest BCUT2D eigenvalue weighted by atomic mass is 16.4. The highest BCUT2D eigenvalue weighted by Crippen LogP contribution is 2.05. The van der Waals surface area contributed by atoms with E-state index in [4.69, 9.17) is 9.52 Å². The number of rotatable bonds is 8. The maximum Gasteiger partial charge on any atom is 0.303 e. The number of furan rings is 1. The van der Waals surface area contributed by atoms with Crippen molar-refractivity contribution < 1.29 is 19.1 Å². The molecule has 100 valence electrons. The van der Waals surface area contributed by atoms with Crippen LogP contribution in [0.5, 0.6) is 0 Å². The van der Waals surface area contributed by atoms with Crippen LogP contribution in [0.25, 0.3) is 0 Å². The van der Waals surface area contributed by atoms with Crippen LogP contribution < -0.4 is 5.32 Å². The second-order valence-electron chi connectivity index (χ2n) is 4.35. The first-order valence-corrected chi connectivity index (χ1v) is 6.11. The van der Waals surface area contributed by atoms with Crippen LogP contribution >= 0.6 is 0 Å². The molecule has 0 saturated carbocycles. The van der Waals surface area contributed by atoms with Gasteiger partial charge in [-0.2, -0.15) is 0 Å². The van der Waals surface area contributed by atoms with E-state index in [1.54, 1.807) is 6.26 Å². The lowest BCUT2D eigenvalue weighted by atomic mass is 10.1. The van der Waals surface area contributed by atoms with Gasteiger partial charge < -0.3 is 14.8 Å². The van der Waals surface area contributed by atoms with E-state index in [0.717, 1.165) is 5.76 Å². The molecule has 1 aromatic rings. The Morgan fingerprint density at radius 2 is 2.11 bits per heavy atom. The van der Waals surface area contributed by atoms with Crippen molar-refractivity contribution >= 4 is 11.9 Å². The summed E-state index contributed by atoms with van der Waals surface area (Å²) in [5.74, 6) is -0.0188. The fraction of sp³-hybridized carbons (Fsp3) is 0.538. The zero-order valence-electron chi connectivity index (χ0n) is 10.5. The van der Waals surface area contributed by atoms with Gasteiger partial charge in [0.15, 0.2) is 0 Å². The van der Waals surface area contributed by atoms with Gasteiger partial charge in [-0.25, -0.2) is 0 Å². The molecule has 5 nitrogen and oxygen atoms in total. The molecule has 0 aromatic carbocycles. The van der Waals surface area contributed by atoms with Crippen LogP contribution in [0.3, 0.4) is 0 Å². The lowest BCUT2D eigenvalue weighted by Crippen LogP contribution is -2.33. The Kier molecular flexibility index (Phi) is 5.97. The number of aliphatic carboxylic acids is 1. The first-order valence-electron chi connectivity index (χ1n) is 6.11. The number of carboxylic acid groups (broad SMARTS) is 1. The van der Waals surface area contributed by atoms with Crippen molar-refractivity contribution in [3.05, 3.63) is 24.2 Å². The minimum Gasteiger partial charge on any atom is -0.481 e. The number of hydrogen-bond acceptors (Lipinski definition) is 3. The molecule has 0 aliphatic rings. The third-order valence-corrected chi connectivity index (χ3v) is 2.54. The van der Waals surface area contributed by atoms with Gasteiger partial charge in [0.05, 0.1) is 6.26 Å². The number of unbranched alkanes of at least 4 members (excludes halogenated alkanes) is 1. The first kappa shape index (κ1) is 14.3. The summed E-state index contributed by atoms with van der Waals surface area (Å²) < 4.78 is 5.19. The van der Waals surface area contributed by atoms with Crippen LogP contribution in [0.2, 0.25) is 0 Å². The summed E-state index contributed by atoms with van der Waals surface area (Å²) in [6, 6.07) is 3.70. The van der Waals surface area contributed by atoms with Crippen molar-refractivity contribution in [1.82, 2.24) is 5.32 Å². The highest BCUT2D eigenvalue weighted by molar-refractivity contribution is 5.76. The Balaban J connectivity index is 2.13. The second kappa shape index (κ2) is 7.53. The van der Waals surface area contributed by atoms with Gasteiger partial charge in [0.1, 0.15) is 5.76 Å². The normalized spacial score (nSPS) is 12.1. The molecule has 0 fully saturated rings. The van der Waals surface area contributed by atoms with Crippen LogP contribution in [0, 0.1) is 0 Å². The molecule has 0 bridgehead atoms. The van der Waals surface area contributed by atoms with E-state index in [-0.39, 0.29) is 18.4 Å². The lowest BCUT2D eigenvalue weighted by molar-refractivity contribution is -0.137. The van der Waals surface area contributed by atoms with Crippen molar-refractivity contribution in [3.8, 4) is 0 Å². The molecule has 18 heavy (non-hydrogen) atoms. The van der Waals surface area contributed by atoms with Gasteiger partial charge in [0.2, 0.25) is 5.91 Å². The van der Waals surface area contributed by atoms with Crippen molar-refractivity contribution in [1.29, 1.82) is 0 Å². The van der Waals surface area contributed by atoms with E-state index < -0.39 is 5.97 Å². The van der Waals surface area contributed by atoms with E-state index >= 15 is 0 Å². The fourth-order valence-electron chi connectivity index (χ4n) is 1.69. The molecule has 1 rings (SSSR count). The van der Waals surface area contributed by atoms with Gasteiger partial charge in [-0.15, -0.1) is 0 Å². The zero-order chi connectivity index (χ0) is 13.4. The Hall–Kier alpha value is -1.78. The Morgan fingerprint density at radius 1 is 1.39 bits per heavy atom. The maximum atomic E-state index is 11.5. The predicted octanol–water partition coefficient (Wildman–Crippen LogP) is 1.97. The third-order valence-electron chi connectivity index (χ3n) is 2.54. The molecule has 0 radical (unpaired) electrons. The van der Waals surface area contributed by atoms with E-state index in [2.05, 4.69) is 5.32 Å². The van der Waals surface area contributed by atoms with Crippen LogP contribution in [-0.2, 0) is 16.0 Å². The van der Waals surface area contributed by atoms with E-state index in [9.17, 15) is 9.59 Å². The smallest absolute Gasteiger partial charge is 0.303 e. The molecule has 1 amide bonds. The molecule has 2 N–H and O–H groups in total. The van der Waals surface area contributed by atoms with Gasteiger partial charge in [-0.1, -0.05) is 0 Å². The van der Waals surface area contributed by atoms with Crippen molar-refractivity contribution in [3.63, 3.8) is 0 Å². The average molecular weight is 253 g/mol. The Morgan fingerprint density at radius 3 is 2.72 bits per heavy atom. The minimum absolute atomic E-state index is 0.0168. The Labute approximate surface area is 106 Å². The summed E-state index contributed by atoms with van der Waals surface area (Å²) in [5.41, 5.74) is 0. The number of carbonyl (C=O) groups excluding carboxylic acids is 1. The van der Waals surface area contributed by atoms with Gasteiger partial charge >= 0.3 is 5.97 Å². The summed E-state index contributed by atoms with van der Waals surface area (Å²) in [6.45, 7) is 1.91. The van der Waals surface area contributed by atoms with Gasteiger partial charge in [0.25, 0.3) is 0 Å². The molecular weight excluding hydrogens is 234 g/mol. The third kappa shape index (κ3) is 6.08. The van der Waals surface area contributed by atoms with Gasteiger partial charge in [-0.05, 0) is 31.9 Å². The molecule has 1 heterocycles. The molecule has 1 atom stereocenters. The molecule has 1 aromatic heterocycles. The SMILES string of the molecule is CC(Cc1ccco1)NC(=O)CCCCC(=O)O. The number of hydrogen-bond donors (Lipinski definition) is 2. The second-order valence-corrected chi connectivity index (χ2v) is 4.35. The monoisotopic (exact) mass is 253 g/mol. The van der Waals surface area contributed by atoms with E-state index in [1.165, 1.54) is 0 Å². The van der Waals surface area contributed by atoms with Gasteiger partial charge in [-0.3, -0.25) is 9.59 Å². The largest absolute Gasteiger partial charge is 0.481 e. The molecule has 0 saturated heterocycles. The average Bonchev–Trinajstić information content (AvgIpc) is 2.76. The highest BCUT2D eigenvalue weighted by Gasteiger charge is 2.09. The van der Waals surface area contributed by atoms with Crippen LogP contribution in [0.1, 0.15) is 38.4 Å². The molecule has 0 aliphatic carbocycles. The minimum atomic E-state index is -0.818. The summed E-state index contributed by atoms with van der Waals surface area (Å²) in [7, 11) is 0. The standard InChI is InChI=1S/C13H19NO4/c1-10(9-11-5-4-8-18-11)14-12(15)6-2-3-7-13(16)17/h4-5,8,10H,2-3,6-7,9H2,1H3,(H,14,15)(H,16,17). The molecule has 0 spiro atoms. The summed E-state index contributed by atoms with van der Waals surface area (Å²) >= 11 is 0. The van der Waals surface area contributed by atoms with E-state index in [1.807, 2.05) is 19.1 Å². The quantitative estimate of drug-likeness (QED) is 0.694. The zero-order valence-corrected chi connectivity index (χ0v) is 10.5. The molecular formula is C13H19NO4. The van der Waals surface area contributed by atoms with Crippen LogP contribution in [-0.4, -0.2) is 23.0 Å². The number of carboxylic acids is 1. The summed E-state index contributed by atoms with van der Waals surface area (Å²) in [6.07, 6.45) is 3.90. The predicted molar refractivity (Wildman–Crippen MR) is 66.1 cm³/mol. The number of carbonyl (C=O) groups is 2. The number of amides is 1. The van der Waals surface area contributed by atoms with Crippen LogP contribution in [0.15, 0.2) is 22.8 Å². The van der Waals surface area contributed by atoms with Crippen molar-refractivity contribution in [2.75, 3.05) is 0 Å². The molecule has 5 heteroatoms. The van der Waals surface area contributed by atoms with E-state index in [0.29, 0.717) is 25.7 Å². The summed E-state index contributed by atoms with van der Waals surface area (Å²) in [5, 5.41) is 11.3. The fourth-order valence-corrected chi connectivity index (χ4v) is 1.69. The van der Waals surface area contributed by atoms with Gasteiger partial charge in [0, 0.05) is 25.3 Å². The number of nitrogens with one attached hydrogen (secondary N) is 1. The summed E-state index contributed by atoms with van der Waals surface area (Å²) in [4.78, 5) is 21.8. The molecule has 0 aliphatic heterocycles. The first-order chi connectivity index (χ1) is 8.58. The lowest BCUT2D eigenvalue weighted by Gasteiger charge is -2.12. The van der Waals surface area contributed by atoms with Crippen molar-refractivity contribution in [2.45, 2.75) is 45.1 Å². The maximum absolute atomic E-state index is 11.5.